The van der Waals surface area contributed by atoms with E-state index in [0.29, 0.717) is 22.3 Å². The summed E-state index contributed by atoms with van der Waals surface area (Å²) in [4.78, 5) is 0. The summed E-state index contributed by atoms with van der Waals surface area (Å²) in [6, 6.07) is 7.16. The molecular formula is C16H21BN2O3. The standard InChI is InChI=1S/C16H21BN2O3/c1-15(2)16(3,4)22-17(21-15)13(10-20)7-11-5-6-14(19)8-12(11)9-18/h5-8,20H,10,19H2,1-4H3. The summed E-state index contributed by atoms with van der Waals surface area (Å²) in [6.07, 6.45) is 1.72. The molecule has 0 bridgehead atoms. The molecule has 0 atom stereocenters. The van der Waals surface area contributed by atoms with E-state index in [1.807, 2.05) is 27.7 Å². The number of rotatable bonds is 3. The molecule has 0 aliphatic carbocycles. The molecule has 0 radical (unpaired) electrons. The van der Waals surface area contributed by atoms with Gasteiger partial charge in [0.15, 0.2) is 0 Å². The van der Waals surface area contributed by atoms with Crippen molar-refractivity contribution < 1.29 is 14.4 Å². The summed E-state index contributed by atoms with van der Waals surface area (Å²) < 4.78 is 11.9. The highest BCUT2D eigenvalue weighted by Gasteiger charge is 2.52. The monoisotopic (exact) mass is 300 g/mol. The van der Waals surface area contributed by atoms with Crippen LogP contribution in [0.5, 0.6) is 0 Å². The van der Waals surface area contributed by atoms with Gasteiger partial charge in [0.2, 0.25) is 0 Å². The van der Waals surface area contributed by atoms with Crippen LogP contribution in [-0.2, 0) is 9.31 Å². The lowest BCUT2D eigenvalue weighted by molar-refractivity contribution is 0.00578. The molecule has 0 aromatic heterocycles. The van der Waals surface area contributed by atoms with Crippen molar-refractivity contribution in [3.8, 4) is 6.07 Å². The molecule has 2 rings (SSSR count). The van der Waals surface area contributed by atoms with Crippen molar-refractivity contribution in [2.75, 3.05) is 12.3 Å². The number of nitrogen functional groups attached to an aromatic ring is 1. The lowest BCUT2D eigenvalue weighted by Crippen LogP contribution is -2.41. The van der Waals surface area contributed by atoms with Crippen LogP contribution in [0.1, 0.15) is 38.8 Å². The number of aliphatic hydroxyl groups is 1. The molecule has 1 aromatic carbocycles. The Morgan fingerprint density at radius 3 is 2.41 bits per heavy atom. The smallest absolute Gasteiger partial charge is 0.400 e. The molecule has 5 nitrogen and oxygen atoms in total. The lowest BCUT2D eigenvalue weighted by Gasteiger charge is -2.32. The number of nitriles is 1. The summed E-state index contributed by atoms with van der Waals surface area (Å²) in [5, 5.41) is 18.9. The van der Waals surface area contributed by atoms with E-state index in [2.05, 4.69) is 6.07 Å². The summed E-state index contributed by atoms with van der Waals surface area (Å²) in [5.74, 6) is 0. The second-order valence-corrected chi connectivity index (χ2v) is 6.42. The topological polar surface area (TPSA) is 88.5 Å². The molecule has 1 aliphatic rings. The van der Waals surface area contributed by atoms with E-state index in [9.17, 15) is 10.4 Å². The molecule has 1 saturated heterocycles. The van der Waals surface area contributed by atoms with Crippen LogP contribution in [-0.4, -0.2) is 30.0 Å². The fraction of sp³-hybridized carbons (Fsp3) is 0.438. The fourth-order valence-corrected chi connectivity index (χ4v) is 2.18. The zero-order chi connectivity index (χ0) is 16.5. The Hall–Kier alpha value is -1.81. The van der Waals surface area contributed by atoms with E-state index in [-0.39, 0.29) is 6.61 Å². The largest absolute Gasteiger partial charge is 0.492 e. The Morgan fingerprint density at radius 1 is 1.32 bits per heavy atom. The molecule has 1 heterocycles. The average molecular weight is 300 g/mol. The normalized spacial score (nSPS) is 20.0. The van der Waals surface area contributed by atoms with Gasteiger partial charge < -0.3 is 20.1 Å². The van der Waals surface area contributed by atoms with Gasteiger partial charge in [0, 0.05) is 5.69 Å². The predicted molar refractivity (Wildman–Crippen MR) is 86.7 cm³/mol. The SMILES string of the molecule is CC1(C)OB(C(=Cc2ccc(N)cc2C#N)CO)OC1(C)C. The van der Waals surface area contributed by atoms with Crippen molar-refractivity contribution in [1.29, 1.82) is 5.26 Å². The number of nitrogens with zero attached hydrogens (tertiary/aromatic N) is 1. The van der Waals surface area contributed by atoms with Crippen LogP contribution < -0.4 is 5.73 Å². The van der Waals surface area contributed by atoms with E-state index >= 15 is 0 Å². The highest BCUT2D eigenvalue weighted by molar-refractivity contribution is 6.55. The van der Waals surface area contributed by atoms with Crippen LogP contribution in [0.4, 0.5) is 5.69 Å². The summed E-state index contributed by atoms with van der Waals surface area (Å²) >= 11 is 0. The van der Waals surface area contributed by atoms with Crippen LogP contribution in [0, 0.1) is 11.3 Å². The van der Waals surface area contributed by atoms with E-state index in [4.69, 9.17) is 15.0 Å². The van der Waals surface area contributed by atoms with E-state index in [1.54, 1.807) is 24.3 Å². The number of anilines is 1. The van der Waals surface area contributed by atoms with Crippen molar-refractivity contribution in [3.63, 3.8) is 0 Å². The molecule has 0 saturated carbocycles. The van der Waals surface area contributed by atoms with E-state index < -0.39 is 18.3 Å². The van der Waals surface area contributed by atoms with Gasteiger partial charge >= 0.3 is 7.12 Å². The Bertz CT molecular complexity index is 631. The maximum atomic E-state index is 9.67. The number of hydrogen-bond donors (Lipinski definition) is 2. The van der Waals surface area contributed by atoms with Crippen LogP contribution >= 0.6 is 0 Å². The molecule has 116 valence electrons. The number of nitrogens with two attached hydrogens (primary N) is 1. The summed E-state index contributed by atoms with van der Waals surface area (Å²) in [6.45, 7) is 7.59. The number of benzene rings is 1. The van der Waals surface area contributed by atoms with Gasteiger partial charge in [-0.05, 0) is 50.9 Å². The minimum atomic E-state index is -0.640. The van der Waals surface area contributed by atoms with Crippen molar-refractivity contribution in [3.05, 3.63) is 34.8 Å². The molecule has 1 fully saturated rings. The minimum absolute atomic E-state index is 0.216. The number of hydrogen-bond acceptors (Lipinski definition) is 5. The Kier molecular flexibility index (Phi) is 4.34. The highest BCUT2D eigenvalue weighted by Crippen LogP contribution is 2.38. The van der Waals surface area contributed by atoms with Crippen LogP contribution in [0.15, 0.2) is 23.7 Å². The van der Waals surface area contributed by atoms with Gasteiger partial charge in [-0.1, -0.05) is 12.1 Å². The van der Waals surface area contributed by atoms with Gasteiger partial charge in [-0.25, -0.2) is 0 Å². The first-order valence-electron chi connectivity index (χ1n) is 7.17. The molecule has 1 aromatic rings. The van der Waals surface area contributed by atoms with Crippen LogP contribution in [0.25, 0.3) is 6.08 Å². The molecule has 0 spiro atoms. The molecule has 0 unspecified atom stereocenters. The predicted octanol–water partition coefficient (Wildman–Crippen LogP) is 2.15. The van der Waals surface area contributed by atoms with Crippen LogP contribution in [0.3, 0.4) is 0 Å². The van der Waals surface area contributed by atoms with Crippen LogP contribution in [0.2, 0.25) is 0 Å². The third-order valence-electron chi connectivity index (χ3n) is 4.28. The maximum absolute atomic E-state index is 9.67. The third kappa shape index (κ3) is 3.02. The zero-order valence-corrected chi connectivity index (χ0v) is 13.4. The Balaban J connectivity index is 2.36. The Morgan fingerprint density at radius 2 is 1.91 bits per heavy atom. The molecule has 0 amide bonds. The quantitative estimate of drug-likeness (QED) is 0.659. The third-order valence-corrected chi connectivity index (χ3v) is 4.28. The average Bonchev–Trinajstić information content (AvgIpc) is 2.65. The summed E-state index contributed by atoms with van der Waals surface area (Å²) in [5.41, 5.74) is 6.94. The maximum Gasteiger partial charge on any atom is 0.492 e. The molecule has 1 aliphatic heterocycles. The van der Waals surface area contributed by atoms with Gasteiger partial charge in [0.1, 0.15) is 0 Å². The molecule has 6 heteroatoms. The van der Waals surface area contributed by atoms with Gasteiger partial charge in [0.05, 0.1) is 29.4 Å². The Labute approximate surface area is 131 Å². The van der Waals surface area contributed by atoms with Gasteiger partial charge in [-0.2, -0.15) is 5.26 Å². The van der Waals surface area contributed by atoms with E-state index in [0.717, 1.165) is 0 Å². The van der Waals surface area contributed by atoms with E-state index in [1.165, 1.54) is 0 Å². The molecular weight excluding hydrogens is 279 g/mol. The highest BCUT2D eigenvalue weighted by atomic mass is 16.7. The van der Waals surface area contributed by atoms with Gasteiger partial charge in [-0.3, -0.25) is 0 Å². The van der Waals surface area contributed by atoms with Crippen molar-refractivity contribution in [2.45, 2.75) is 38.9 Å². The number of aliphatic hydroxyl groups excluding tert-OH is 1. The summed E-state index contributed by atoms with van der Waals surface area (Å²) in [7, 11) is -0.640. The second-order valence-electron chi connectivity index (χ2n) is 6.42. The zero-order valence-electron chi connectivity index (χ0n) is 13.4. The van der Waals surface area contributed by atoms with Gasteiger partial charge in [-0.15, -0.1) is 0 Å². The van der Waals surface area contributed by atoms with Crippen molar-refractivity contribution >= 4 is 18.9 Å². The van der Waals surface area contributed by atoms with Crippen molar-refractivity contribution in [2.24, 2.45) is 0 Å². The molecule has 3 N–H and O–H groups in total. The van der Waals surface area contributed by atoms with Gasteiger partial charge in [0.25, 0.3) is 0 Å². The second kappa shape index (κ2) is 5.77. The fourth-order valence-electron chi connectivity index (χ4n) is 2.18. The molecule has 22 heavy (non-hydrogen) atoms. The minimum Gasteiger partial charge on any atom is -0.400 e. The first-order valence-corrected chi connectivity index (χ1v) is 7.17. The van der Waals surface area contributed by atoms with Crippen molar-refractivity contribution in [1.82, 2.24) is 0 Å². The lowest BCUT2D eigenvalue weighted by atomic mass is 9.77. The first kappa shape index (κ1) is 16.6. The first-order chi connectivity index (χ1) is 10.2.